The Morgan fingerprint density at radius 1 is 0.476 bits per heavy atom. The zero-order valence-electron chi connectivity index (χ0n) is 12.3. The first-order valence-corrected chi connectivity index (χ1v) is 12.1. The Morgan fingerprint density at radius 3 is 0.952 bits per heavy atom. The van der Waals surface area contributed by atoms with Crippen molar-refractivity contribution < 1.29 is 0 Å². The summed E-state index contributed by atoms with van der Waals surface area (Å²) in [6, 6.07) is 0. The molecule has 1 heteroatoms. The molecule has 0 unspecified atom stereocenters. The minimum atomic E-state index is -2.53. The molecular formula is C20H20Ge. The van der Waals surface area contributed by atoms with Crippen LogP contribution in [0.25, 0.3) is 0 Å². The van der Waals surface area contributed by atoms with E-state index in [1.165, 1.54) is 0 Å². The zero-order valence-corrected chi connectivity index (χ0v) is 14.4. The Labute approximate surface area is 129 Å². The summed E-state index contributed by atoms with van der Waals surface area (Å²) in [5.41, 5.74) is 0. The minimum absolute atomic E-state index is 1.16. The standard InChI is InChI=1S/C20H20Ge/c1-2-10-17(9-1)21(18-11-3-4-12-18,19-13-5-6-14-19)20-15-7-8-16-20/h1-9,11,13,15H,10,12,14,16H2. The molecule has 0 saturated heterocycles. The van der Waals surface area contributed by atoms with Crippen LogP contribution in [-0.4, -0.2) is 13.3 Å². The van der Waals surface area contributed by atoms with Gasteiger partial charge in [-0.25, -0.2) is 0 Å². The van der Waals surface area contributed by atoms with Gasteiger partial charge in [0.15, 0.2) is 0 Å². The van der Waals surface area contributed by atoms with Crippen LogP contribution in [0.5, 0.6) is 0 Å². The molecule has 4 aliphatic rings. The Kier molecular flexibility index (Phi) is 3.35. The monoisotopic (exact) mass is 334 g/mol. The predicted molar refractivity (Wildman–Crippen MR) is 93.1 cm³/mol. The van der Waals surface area contributed by atoms with Crippen LogP contribution in [0.4, 0.5) is 0 Å². The Hall–Kier alpha value is -1.54. The van der Waals surface area contributed by atoms with E-state index < -0.39 is 13.3 Å². The maximum atomic E-state index is 2.43. The van der Waals surface area contributed by atoms with Crippen molar-refractivity contribution >= 4 is 13.3 Å². The van der Waals surface area contributed by atoms with Crippen LogP contribution in [0, 0.1) is 0 Å². The Morgan fingerprint density at radius 2 is 0.762 bits per heavy atom. The van der Waals surface area contributed by atoms with Crippen molar-refractivity contribution in [3.63, 3.8) is 0 Å². The van der Waals surface area contributed by atoms with Crippen molar-refractivity contribution in [1.82, 2.24) is 0 Å². The first-order chi connectivity index (χ1) is 10.4. The summed E-state index contributed by atoms with van der Waals surface area (Å²) in [4.78, 5) is 0. The van der Waals surface area contributed by atoms with Gasteiger partial charge in [-0.1, -0.05) is 0 Å². The number of hydrogen-bond donors (Lipinski definition) is 0. The first kappa shape index (κ1) is 13.1. The molecule has 0 saturated carbocycles. The summed E-state index contributed by atoms with van der Waals surface area (Å²) in [6.45, 7) is 0. The molecule has 4 rings (SSSR count). The fourth-order valence-electron chi connectivity index (χ4n) is 4.14. The van der Waals surface area contributed by atoms with Crippen molar-refractivity contribution in [3.05, 3.63) is 90.5 Å². The molecule has 0 fully saturated rings. The summed E-state index contributed by atoms with van der Waals surface area (Å²) in [7, 11) is 0. The van der Waals surface area contributed by atoms with Gasteiger partial charge >= 0.3 is 129 Å². The second kappa shape index (κ2) is 5.34. The molecule has 0 nitrogen and oxygen atoms in total. The van der Waals surface area contributed by atoms with E-state index in [1.807, 2.05) is 0 Å². The molecule has 0 aromatic rings. The van der Waals surface area contributed by atoms with E-state index in [1.54, 1.807) is 17.6 Å². The van der Waals surface area contributed by atoms with E-state index in [4.69, 9.17) is 0 Å². The quantitative estimate of drug-likeness (QED) is 0.625. The van der Waals surface area contributed by atoms with E-state index >= 15 is 0 Å². The van der Waals surface area contributed by atoms with Crippen molar-refractivity contribution in [2.75, 3.05) is 0 Å². The fourth-order valence-corrected chi connectivity index (χ4v) is 15.8. The van der Waals surface area contributed by atoms with E-state index in [-0.39, 0.29) is 0 Å². The summed E-state index contributed by atoms with van der Waals surface area (Å²) in [5, 5.41) is 0. The maximum absolute atomic E-state index is 2.53. The number of hydrogen-bond acceptors (Lipinski definition) is 0. The second-order valence-corrected chi connectivity index (χ2v) is 14.6. The SMILES string of the molecule is C1=CC[C]([Ge]([C]2=CC=CC2)([C]2=CC=CC2)[C]2=CC=CC2)=C1. The van der Waals surface area contributed by atoms with Gasteiger partial charge in [-0.3, -0.25) is 0 Å². The molecule has 0 bridgehead atoms. The molecular weight excluding hydrogens is 313 g/mol. The number of rotatable bonds is 4. The molecule has 0 aromatic carbocycles. The third-order valence-corrected chi connectivity index (χ3v) is 16.2. The van der Waals surface area contributed by atoms with E-state index in [0.29, 0.717) is 0 Å². The van der Waals surface area contributed by atoms with E-state index in [0.717, 1.165) is 25.7 Å². The van der Waals surface area contributed by atoms with E-state index in [2.05, 4.69) is 72.9 Å². The van der Waals surface area contributed by atoms with Crippen molar-refractivity contribution in [2.24, 2.45) is 0 Å². The molecule has 0 amide bonds. The second-order valence-electron chi connectivity index (χ2n) is 6.05. The van der Waals surface area contributed by atoms with Crippen molar-refractivity contribution in [2.45, 2.75) is 25.7 Å². The van der Waals surface area contributed by atoms with Crippen LogP contribution in [0.1, 0.15) is 25.7 Å². The number of allylic oxidation sites excluding steroid dienone is 16. The normalized spacial score (nSPS) is 22.9. The summed E-state index contributed by atoms with van der Waals surface area (Å²) in [5.74, 6) is 0. The third-order valence-electron chi connectivity index (χ3n) is 5.01. The van der Waals surface area contributed by atoms with Gasteiger partial charge in [0.1, 0.15) is 0 Å². The van der Waals surface area contributed by atoms with Crippen molar-refractivity contribution in [3.8, 4) is 0 Å². The van der Waals surface area contributed by atoms with Gasteiger partial charge in [-0.05, 0) is 0 Å². The molecule has 0 heterocycles. The van der Waals surface area contributed by atoms with Crippen LogP contribution in [-0.2, 0) is 0 Å². The Bertz CT molecular complexity index is 577. The summed E-state index contributed by atoms with van der Waals surface area (Å²) < 4.78 is 6.93. The first-order valence-electron chi connectivity index (χ1n) is 7.87. The molecule has 0 radical (unpaired) electrons. The van der Waals surface area contributed by atoms with Crippen LogP contribution in [0.3, 0.4) is 0 Å². The van der Waals surface area contributed by atoms with Crippen LogP contribution < -0.4 is 0 Å². The van der Waals surface area contributed by atoms with Crippen LogP contribution >= 0.6 is 0 Å². The average Bonchev–Trinajstić information content (AvgIpc) is 3.32. The van der Waals surface area contributed by atoms with Crippen LogP contribution in [0.15, 0.2) is 90.5 Å². The van der Waals surface area contributed by atoms with Gasteiger partial charge in [0.2, 0.25) is 0 Å². The molecule has 0 atom stereocenters. The summed E-state index contributed by atoms with van der Waals surface area (Å²) in [6.07, 6.45) is 32.8. The molecule has 0 N–H and O–H groups in total. The molecule has 104 valence electrons. The van der Waals surface area contributed by atoms with Gasteiger partial charge in [0.25, 0.3) is 0 Å². The summed E-state index contributed by atoms with van der Waals surface area (Å²) >= 11 is -2.53. The molecule has 0 spiro atoms. The average molecular weight is 333 g/mol. The van der Waals surface area contributed by atoms with Gasteiger partial charge in [-0.15, -0.1) is 0 Å². The van der Waals surface area contributed by atoms with E-state index in [9.17, 15) is 0 Å². The van der Waals surface area contributed by atoms with Gasteiger partial charge < -0.3 is 0 Å². The fraction of sp³-hybridized carbons (Fsp3) is 0.200. The van der Waals surface area contributed by atoms with Gasteiger partial charge in [0.05, 0.1) is 0 Å². The van der Waals surface area contributed by atoms with Gasteiger partial charge in [0, 0.05) is 0 Å². The van der Waals surface area contributed by atoms with Crippen molar-refractivity contribution in [1.29, 1.82) is 0 Å². The molecule has 4 aliphatic carbocycles. The molecule has 0 aliphatic heterocycles. The van der Waals surface area contributed by atoms with Gasteiger partial charge in [-0.2, -0.15) is 0 Å². The zero-order chi connectivity index (χ0) is 14.1. The molecule has 21 heavy (non-hydrogen) atoms. The third kappa shape index (κ3) is 1.97. The predicted octanol–water partition coefficient (Wildman–Crippen LogP) is 5.14. The Balaban J connectivity index is 1.90. The van der Waals surface area contributed by atoms with Crippen LogP contribution in [0.2, 0.25) is 0 Å². The topological polar surface area (TPSA) is 0 Å². The molecule has 0 aromatic heterocycles.